The Balaban J connectivity index is 1.52. The minimum Gasteiger partial charge on any atom is -0.381 e. The molecule has 0 spiro atoms. The van der Waals surface area contributed by atoms with Crippen molar-refractivity contribution in [3.8, 4) is 0 Å². The Hall–Kier alpha value is -2.92. The van der Waals surface area contributed by atoms with E-state index < -0.39 is 11.7 Å². The molecule has 5 rings (SSSR count). The van der Waals surface area contributed by atoms with E-state index in [1.54, 1.807) is 12.3 Å². The smallest absolute Gasteiger partial charge is 0.381 e. The minimum absolute atomic E-state index is 0.112. The first-order valence-electron chi connectivity index (χ1n) is 11.6. The average molecular weight is 476 g/mol. The van der Waals surface area contributed by atoms with Gasteiger partial charge in [-0.05, 0) is 63.9 Å². The van der Waals surface area contributed by atoms with Crippen molar-refractivity contribution in [3.63, 3.8) is 0 Å². The molecule has 1 aromatic carbocycles. The van der Waals surface area contributed by atoms with Crippen LogP contribution in [-0.2, 0) is 10.9 Å². The SMILES string of the molecule is CC1(Nc2ncc3nc(Nc4cccc(C(F)(F)F)c4)n(C4CCNCC4)c3n2)CCOCC1. The zero-order chi connectivity index (χ0) is 23.8. The van der Waals surface area contributed by atoms with Crippen molar-refractivity contribution in [2.24, 2.45) is 0 Å². The molecule has 8 nitrogen and oxygen atoms in total. The molecule has 11 heteroatoms. The van der Waals surface area contributed by atoms with Gasteiger partial charge in [0, 0.05) is 30.5 Å². The number of nitrogens with zero attached hydrogens (tertiary/aromatic N) is 4. The molecule has 0 amide bonds. The molecular formula is C23H28F3N7O. The number of halogens is 3. The number of rotatable bonds is 5. The van der Waals surface area contributed by atoms with E-state index in [1.807, 2.05) is 4.57 Å². The number of benzene rings is 1. The highest BCUT2D eigenvalue weighted by Gasteiger charge is 2.31. The molecule has 0 radical (unpaired) electrons. The van der Waals surface area contributed by atoms with Crippen LogP contribution in [0, 0.1) is 0 Å². The third-order valence-electron chi connectivity index (χ3n) is 6.56. The fourth-order valence-corrected chi connectivity index (χ4v) is 4.57. The zero-order valence-electron chi connectivity index (χ0n) is 19.0. The Kier molecular flexibility index (Phi) is 6.07. The van der Waals surface area contributed by atoms with E-state index in [9.17, 15) is 13.2 Å². The van der Waals surface area contributed by atoms with E-state index in [-0.39, 0.29) is 11.6 Å². The normalized spacial score (nSPS) is 19.3. The molecule has 2 aliphatic heterocycles. The highest BCUT2D eigenvalue weighted by molar-refractivity contribution is 5.76. The summed E-state index contributed by atoms with van der Waals surface area (Å²) in [5.41, 5.74) is 0.703. The van der Waals surface area contributed by atoms with Gasteiger partial charge in [0.25, 0.3) is 0 Å². The number of ether oxygens (including phenoxy) is 1. The molecule has 0 atom stereocenters. The van der Waals surface area contributed by atoms with E-state index in [0.717, 1.165) is 50.9 Å². The van der Waals surface area contributed by atoms with Crippen molar-refractivity contribution in [3.05, 3.63) is 36.0 Å². The summed E-state index contributed by atoms with van der Waals surface area (Å²) in [6, 6.07) is 5.25. The quantitative estimate of drug-likeness (QED) is 0.501. The van der Waals surface area contributed by atoms with Crippen molar-refractivity contribution in [2.45, 2.75) is 50.4 Å². The molecule has 2 aliphatic rings. The van der Waals surface area contributed by atoms with E-state index in [2.05, 4.69) is 32.8 Å². The first-order chi connectivity index (χ1) is 16.3. The molecule has 0 saturated carbocycles. The Morgan fingerprint density at radius 1 is 1.15 bits per heavy atom. The minimum atomic E-state index is -4.42. The topological polar surface area (TPSA) is 88.9 Å². The summed E-state index contributed by atoms with van der Waals surface area (Å²) in [7, 11) is 0. The highest BCUT2D eigenvalue weighted by atomic mass is 19.4. The lowest BCUT2D eigenvalue weighted by Gasteiger charge is -2.34. The maximum Gasteiger partial charge on any atom is 0.416 e. The number of piperidine rings is 1. The molecule has 3 N–H and O–H groups in total. The maximum absolute atomic E-state index is 13.2. The summed E-state index contributed by atoms with van der Waals surface area (Å²) in [5.74, 6) is 0.975. The van der Waals surface area contributed by atoms with Crippen molar-refractivity contribution in [1.29, 1.82) is 0 Å². The van der Waals surface area contributed by atoms with Crippen LogP contribution >= 0.6 is 0 Å². The third kappa shape index (κ3) is 4.80. The lowest BCUT2D eigenvalue weighted by atomic mass is 9.93. The van der Waals surface area contributed by atoms with Gasteiger partial charge in [-0.2, -0.15) is 18.2 Å². The van der Waals surface area contributed by atoms with Gasteiger partial charge < -0.3 is 20.7 Å². The Bertz CT molecular complexity index is 1150. The molecule has 3 aromatic rings. The maximum atomic E-state index is 13.2. The molecule has 2 saturated heterocycles. The van der Waals surface area contributed by atoms with Gasteiger partial charge >= 0.3 is 6.18 Å². The molecular weight excluding hydrogens is 447 g/mol. The molecule has 0 unspecified atom stereocenters. The Labute approximate surface area is 195 Å². The summed E-state index contributed by atoms with van der Waals surface area (Å²) < 4.78 is 47.2. The molecule has 0 aliphatic carbocycles. The molecule has 0 bridgehead atoms. The summed E-state index contributed by atoms with van der Waals surface area (Å²) in [6.45, 7) is 5.20. The van der Waals surface area contributed by atoms with Crippen molar-refractivity contribution in [2.75, 3.05) is 36.9 Å². The number of alkyl halides is 3. The number of anilines is 3. The standard InChI is InChI=1S/C23H28F3N7O/c1-22(7-11-34-12-8-22)32-20-28-14-18-19(31-20)33(17-5-9-27-10-6-17)21(30-18)29-16-4-2-3-15(13-16)23(24,25)26/h2-4,13-14,17,27H,5-12H2,1H3,(H,29,30)(H,28,31,32). The van der Waals surface area contributed by atoms with E-state index in [4.69, 9.17) is 9.72 Å². The van der Waals surface area contributed by atoms with Crippen LogP contribution in [0.5, 0.6) is 0 Å². The molecule has 182 valence electrons. The Morgan fingerprint density at radius 3 is 2.65 bits per heavy atom. The number of aromatic nitrogens is 4. The molecule has 2 aromatic heterocycles. The summed E-state index contributed by atoms with van der Waals surface area (Å²) in [6.07, 6.45) is 0.686. The van der Waals surface area contributed by atoms with Gasteiger partial charge in [-0.25, -0.2) is 9.97 Å². The monoisotopic (exact) mass is 475 g/mol. The second-order valence-corrected chi connectivity index (χ2v) is 9.19. The predicted molar refractivity (Wildman–Crippen MR) is 123 cm³/mol. The van der Waals surface area contributed by atoms with E-state index >= 15 is 0 Å². The number of imidazole rings is 1. The number of hydrogen-bond acceptors (Lipinski definition) is 7. The summed E-state index contributed by atoms with van der Waals surface area (Å²) >= 11 is 0. The number of fused-ring (bicyclic) bond motifs is 1. The lowest BCUT2D eigenvalue weighted by Crippen LogP contribution is -2.41. The second-order valence-electron chi connectivity index (χ2n) is 9.19. The number of hydrogen-bond donors (Lipinski definition) is 3. The van der Waals surface area contributed by atoms with Gasteiger partial charge in [0.15, 0.2) is 5.65 Å². The average Bonchev–Trinajstić information content (AvgIpc) is 3.16. The van der Waals surface area contributed by atoms with Crippen molar-refractivity contribution in [1.82, 2.24) is 24.8 Å². The van der Waals surface area contributed by atoms with Crippen molar-refractivity contribution < 1.29 is 17.9 Å². The number of nitrogens with one attached hydrogen (secondary N) is 3. The van der Waals surface area contributed by atoms with Crippen molar-refractivity contribution >= 4 is 28.7 Å². The van der Waals surface area contributed by atoms with Gasteiger partial charge in [-0.1, -0.05) is 6.07 Å². The fraction of sp³-hybridized carbons (Fsp3) is 0.522. The van der Waals surface area contributed by atoms with Crippen LogP contribution in [-0.4, -0.2) is 51.4 Å². The Morgan fingerprint density at radius 2 is 1.91 bits per heavy atom. The predicted octanol–water partition coefficient (Wildman–Crippen LogP) is 4.49. The van der Waals surface area contributed by atoms with Crippen LogP contribution in [0.1, 0.15) is 44.2 Å². The van der Waals surface area contributed by atoms with Crippen LogP contribution in [0.2, 0.25) is 0 Å². The highest BCUT2D eigenvalue weighted by Crippen LogP contribution is 2.34. The van der Waals surface area contributed by atoms with Gasteiger partial charge in [0.1, 0.15) is 5.52 Å². The molecule has 4 heterocycles. The molecule has 2 fully saturated rings. The third-order valence-corrected chi connectivity index (χ3v) is 6.56. The lowest BCUT2D eigenvalue weighted by molar-refractivity contribution is -0.137. The fourth-order valence-electron chi connectivity index (χ4n) is 4.57. The van der Waals surface area contributed by atoms with Crippen LogP contribution in [0.4, 0.5) is 30.8 Å². The van der Waals surface area contributed by atoms with Gasteiger partial charge in [0.05, 0.1) is 11.8 Å². The van der Waals surface area contributed by atoms with Gasteiger partial charge in [-0.3, -0.25) is 4.57 Å². The zero-order valence-corrected chi connectivity index (χ0v) is 19.0. The summed E-state index contributed by atoms with van der Waals surface area (Å²) in [4.78, 5) is 13.9. The first-order valence-corrected chi connectivity index (χ1v) is 11.6. The summed E-state index contributed by atoms with van der Waals surface area (Å²) in [5, 5.41) is 9.92. The van der Waals surface area contributed by atoms with Gasteiger partial charge in [-0.15, -0.1) is 0 Å². The largest absolute Gasteiger partial charge is 0.416 e. The van der Waals surface area contributed by atoms with E-state index in [0.29, 0.717) is 42.0 Å². The first kappa shape index (κ1) is 22.9. The van der Waals surface area contributed by atoms with Crippen LogP contribution in [0.3, 0.4) is 0 Å². The van der Waals surface area contributed by atoms with Gasteiger partial charge in [0.2, 0.25) is 11.9 Å². The molecule has 34 heavy (non-hydrogen) atoms. The second kappa shape index (κ2) is 9.03. The van der Waals surface area contributed by atoms with Crippen LogP contribution in [0.15, 0.2) is 30.5 Å². The van der Waals surface area contributed by atoms with Crippen LogP contribution in [0.25, 0.3) is 11.2 Å². The van der Waals surface area contributed by atoms with E-state index in [1.165, 1.54) is 6.07 Å². The van der Waals surface area contributed by atoms with Crippen LogP contribution < -0.4 is 16.0 Å².